The molecule has 0 aliphatic carbocycles. The van der Waals surface area contributed by atoms with Crippen molar-refractivity contribution in [3.05, 3.63) is 45.1 Å². The van der Waals surface area contributed by atoms with E-state index >= 15 is 0 Å². The van der Waals surface area contributed by atoms with Crippen molar-refractivity contribution in [3.63, 3.8) is 0 Å². The summed E-state index contributed by atoms with van der Waals surface area (Å²) in [5.41, 5.74) is 2.15. The highest BCUT2D eigenvalue weighted by Gasteiger charge is 2.17. The molecule has 0 saturated heterocycles. The van der Waals surface area contributed by atoms with E-state index in [4.69, 9.17) is 16.3 Å². The zero-order valence-electron chi connectivity index (χ0n) is 10.5. The summed E-state index contributed by atoms with van der Waals surface area (Å²) < 4.78 is 7.09. The third kappa shape index (κ3) is 2.82. The van der Waals surface area contributed by atoms with E-state index in [1.165, 1.54) is 6.20 Å². The topological polar surface area (TPSA) is 44.1 Å². The number of carbonyl (C=O) groups is 1. The number of esters is 1. The predicted molar refractivity (Wildman–Crippen MR) is 77.0 cm³/mol. The minimum atomic E-state index is -0.404. The van der Waals surface area contributed by atoms with Gasteiger partial charge in [-0.15, -0.1) is 0 Å². The Labute approximate surface area is 124 Å². The lowest BCUT2D eigenvalue weighted by atomic mass is 10.2. The molecule has 0 N–H and O–H groups in total. The highest BCUT2D eigenvalue weighted by Crippen LogP contribution is 2.24. The summed E-state index contributed by atoms with van der Waals surface area (Å²) in [7, 11) is 0. The van der Waals surface area contributed by atoms with E-state index in [1.54, 1.807) is 17.7 Å². The average Bonchev–Trinajstić information content (AvgIpc) is 2.75. The first-order valence-corrected chi connectivity index (χ1v) is 6.89. The third-order valence-corrected chi connectivity index (χ3v) is 3.78. The molecule has 1 aromatic heterocycles. The third-order valence-electron chi connectivity index (χ3n) is 2.61. The van der Waals surface area contributed by atoms with Gasteiger partial charge in [-0.05, 0) is 47.5 Å². The quantitative estimate of drug-likeness (QED) is 0.797. The minimum absolute atomic E-state index is 0.326. The summed E-state index contributed by atoms with van der Waals surface area (Å²) in [4.78, 5) is 11.7. The van der Waals surface area contributed by atoms with Gasteiger partial charge >= 0.3 is 5.97 Å². The maximum absolute atomic E-state index is 11.7. The predicted octanol–water partition coefficient (Wildman–Crippen LogP) is 3.77. The second-order valence-corrected chi connectivity index (χ2v) is 5.07. The van der Waals surface area contributed by atoms with Crippen LogP contribution in [0.5, 0.6) is 0 Å². The molecule has 1 aromatic carbocycles. The molecule has 0 bridgehead atoms. The number of nitrogens with zero attached hydrogens (tertiary/aromatic N) is 2. The number of ether oxygens (including phenoxy) is 1. The van der Waals surface area contributed by atoms with Crippen molar-refractivity contribution in [3.8, 4) is 5.69 Å². The fourth-order valence-corrected chi connectivity index (χ4v) is 2.31. The summed E-state index contributed by atoms with van der Waals surface area (Å²) in [6.45, 7) is 4.01. The Morgan fingerprint density at radius 2 is 2.26 bits per heavy atom. The van der Waals surface area contributed by atoms with Gasteiger partial charge in [0.25, 0.3) is 0 Å². The Bertz CT molecular complexity index is 625. The lowest BCUT2D eigenvalue weighted by Gasteiger charge is -2.06. The normalized spacial score (nSPS) is 10.5. The van der Waals surface area contributed by atoms with Crippen LogP contribution in [0.15, 0.2) is 29.0 Å². The summed E-state index contributed by atoms with van der Waals surface area (Å²) in [6, 6.07) is 5.58. The lowest BCUT2D eigenvalue weighted by Crippen LogP contribution is -2.05. The van der Waals surface area contributed by atoms with Crippen molar-refractivity contribution in [1.82, 2.24) is 9.78 Å². The standard InChI is InChI=1S/C13H12BrClN2O2/c1-3-19-13(18)10-7-16-17(12(10)14)9-5-4-8(2)11(15)6-9/h4-7H,3H2,1-2H3. The summed E-state index contributed by atoms with van der Waals surface area (Å²) in [6.07, 6.45) is 1.47. The van der Waals surface area contributed by atoms with Crippen molar-refractivity contribution < 1.29 is 9.53 Å². The van der Waals surface area contributed by atoms with Crippen LogP contribution in [-0.2, 0) is 4.74 Å². The Hall–Kier alpha value is -1.33. The van der Waals surface area contributed by atoms with Gasteiger partial charge in [-0.2, -0.15) is 5.10 Å². The smallest absolute Gasteiger partial charge is 0.342 e. The van der Waals surface area contributed by atoms with Gasteiger partial charge in [-0.25, -0.2) is 9.48 Å². The molecule has 19 heavy (non-hydrogen) atoms. The van der Waals surface area contributed by atoms with Gasteiger partial charge in [0.2, 0.25) is 0 Å². The van der Waals surface area contributed by atoms with Crippen LogP contribution in [0.2, 0.25) is 5.02 Å². The van der Waals surface area contributed by atoms with Crippen molar-refractivity contribution in [2.75, 3.05) is 6.61 Å². The van der Waals surface area contributed by atoms with Gasteiger partial charge < -0.3 is 4.74 Å². The van der Waals surface area contributed by atoms with Crippen LogP contribution in [0.25, 0.3) is 5.69 Å². The van der Waals surface area contributed by atoms with Crippen LogP contribution in [0, 0.1) is 6.92 Å². The molecule has 1 heterocycles. The van der Waals surface area contributed by atoms with Gasteiger partial charge in [-0.1, -0.05) is 17.7 Å². The Balaban J connectivity index is 2.41. The Kier molecular flexibility index (Phi) is 4.27. The average molecular weight is 344 g/mol. The first-order chi connectivity index (χ1) is 9.04. The molecule has 0 aliphatic heterocycles. The monoisotopic (exact) mass is 342 g/mol. The first-order valence-electron chi connectivity index (χ1n) is 5.71. The SMILES string of the molecule is CCOC(=O)c1cnn(-c2ccc(C)c(Cl)c2)c1Br. The number of carbonyl (C=O) groups excluding carboxylic acids is 1. The first kappa shape index (κ1) is 14.1. The van der Waals surface area contributed by atoms with Crippen LogP contribution >= 0.6 is 27.5 Å². The highest BCUT2D eigenvalue weighted by molar-refractivity contribution is 9.10. The Morgan fingerprint density at radius 3 is 2.89 bits per heavy atom. The highest BCUT2D eigenvalue weighted by atomic mass is 79.9. The van der Waals surface area contributed by atoms with Crippen LogP contribution < -0.4 is 0 Å². The largest absolute Gasteiger partial charge is 0.462 e. The van der Waals surface area contributed by atoms with Crippen molar-refractivity contribution in [2.45, 2.75) is 13.8 Å². The Morgan fingerprint density at radius 1 is 1.53 bits per heavy atom. The lowest BCUT2D eigenvalue weighted by molar-refractivity contribution is 0.0525. The molecule has 2 aromatic rings. The number of hydrogen-bond acceptors (Lipinski definition) is 3. The van der Waals surface area contributed by atoms with Crippen molar-refractivity contribution >= 4 is 33.5 Å². The number of hydrogen-bond donors (Lipinski definition) is 0. The number of benzene rings is 1. The number of aryl methyl sites for hydroxylation is 1. The van der Waals surface area contributed by atoms with Gasteiger partial charge in [0, 0.05) is 5.02 Å². The van der Waals surface area contributed by atoms with E-state index in [1.807, 2.05) is 19.1 Å². The minimum Gasteiger partial charge on any atom is -0.462 e. The fraction of sp³-hybridized carbons (Fsp3) is 0.231. The molecule has 0 spiro atoms. The molecule has 4 nitrogen and oxygen atoms in total. The second-order valence-electron chi connectivity index (χ2n) is 3.91. The van der Waals surface area contributed by atoms with E-state index < -0.39 is 5.97 Å². The van der Waals surface area contributed by atoms with E-state index in [2.05, 4.69) is 21.0 Å². The van der Waals surface area contributed by atoms with Gasteiger partial charge in [-0.3, -0.25) is 0 Å². The number of halogens is 2. The van der Waals surface area contributed by atoms with E-state index in [0.717, 1.165) is 11.3 Å². The maximum atomic E-state index is 11.7. The van der Waals surface area contributed by atoms with Gasteiger partial charge in [0.1, 0.15) is 10.2 Å². The molecule has 100 valence electrons. The fourth-order valence-electron chi connectivity index (χ4n) is 1.57. The molecule has 0 radical (unpaired) electrons. The molecule has 2 rings (SSSR count). The summed E-state index contributed by atoms with van der Waals surface area (Å²) in [5.74, 6) is -0.404. The van der Waals surface area contributed by atoms with E-state index in [-0.39, 0.29) is 0 Å². The molecule has 0 amide bonds. The molecular formula is C13H12BrClN2O2. The second kappa shape index (κ2) is 5.75. The molecule has 0 unspecified atom stereocenters. The molecule has 0 fully saturated rings. The van der Waals surface area contributed by atoms with E-state index in [0.29, 0.717) is 21.8 Å². The van der Waals surface area contributed by atoms with E-state index in [9.17, 15) is 4.79 Å². The van der Waals surface area contributed by atoms with Crippen LogP contribution in [-0.4, -0.2) is 22.4 Å². The van der Waals surface area contributed by atoms with Gasteiger partial charge in [0.05, 0.1) is 18.5 Å². The number of rotatable bonds is 3. The molecule has 0 atom stereocenters. The van der Waals surface area contributed by atoms with Crippen LogP contribution in [0.3, 0.4) is 0 Å². The zero-order chi connectivity index (χ0) is 14.0. The summed E-state index contributed by atoms with van der Waals surface area (Å²) in [5, 5.41) is 4.82. The van der Waals surface area contributed by atoms with Crippen molar-refractivity contribution in [2.24, 2.45) is 0 Å². The van der Waals surface area contributed by atoms with Crippen LogP contribution in [0.4, 0.5) is 0 Å². The summed E-state index contributed by atoms with van der Waals surface area (Å²) >= 11 is 9.45. The maximum Gasteiger partial charge on any atom is 0.342 e. The zero-order valence-corrected chi connectivity index (χ0v) is 12.8. The van der Waals surface area contributed by atoms with Crippen molar-refractivity contribution in [1.29, 1.82) is 0 Å². The van der Waals surface area contributed by atoms with Crippen LogP contribution in [0.1, 0.15) is 22.8 Å². The molecule has 0 saturated carbocycles. The number of aromatic nitrogens is 2. The molecular weight excluding hydrogens is 332 g/mol. The van der Waals surface area contributed by atoms with Gasteiger partial charge in [0.15, 0.2) is 0 Å². The molecule has 6 heteroatoms. The molecule has 0 aliphatic rings.